The summed E-state index contributed by atoms with van der Waals surface area (Å²) in [5, 5.41) is 0.688. The van der Waals surface area contributed by atoms with Crippen LogP contribution in [0.15, 0.2) is 58.3 Å². The van der Waals surface area contributed by atoms with Crippen LogP contribution in [-0.2, 0) is 10.0 Å². The Balaban J connectivity index is 2.26. The second-order valence-electron chi connectivity index (χ2n) is 4.14. The first kappa shape index (κ1) is 13.3. The summed E-state index contributed by atoms with van der Waals surface area (Å²) < 4.78 is 39.9. The van der Waals surface area contributed by atoms with Crippen molar-refractivity contribution in [1.29, 1.82) is 0 Å². The highest BCUT2D eigenvalue weighted by atomic mass is 79.9. The second-order valence-corrected chi connectivity index (χ2v) is 6.77. The predicted octanol–water partition coefficient (Wildman–Crippen LogP) is 3.17. The maximum absolute atomic E-state index is 13.2. The Morgan fingerprint density at radius 2 is 2.00 bits per heavy atom. The highest BCUT2D eigenvalue weighted by Gasteiger charge is 2.19. The van der Waals surface area contributed by atoms with E-state index in [1.807, 2.05) is 0 Å². The summed E-state index contributed by atoms with van der Waals surface area (Å²) in [5.74, 6) is -0.592. The summed E-state index contributed by atoms with van der Waals surface area (Å²) in [6.45, 7) is 0. The van der Waals surface area contributed by atoms with Gasteiger partial charge in [0.15, 0.2) is 0 Å². The molecule has 0 amide bonds. The molecule has 0 aliphatic heterocycles. The van der Waals surface area contributed by atoms with Gasteiger partial charge in [0.05, 0.1) is 10.4 Å². The lowest BCUT2D eigenvalue weighted by Gasteiger charge is -2.07. The number of fused-ring (bicyclic) bond motifs is 1. The first-order chi connectivity index (χ1) is 9.48. The van der Waals surface area contributed by atoms with Gasteiger partial charge in [0, 0.05) is 17.8 Å². The van der Waals surface area contributed by atoms with Crippen molar-refractivity contribution in [1.82, 2.24) is 8.96 Å². The highest BCUT2D eigenvalue weighted by molar-refractivity contribution is 9.10. The van der Waals surface area contributed by atoms with E-state index in [1.54, 1.807) is 18.3 Å². The molecule has 2 heterocycles. The van der Waals surface area contributed by atoms with Crippen LogP contribution in [0.3, 0.4) is 0 Å². The monoisotopic (exact) mass is 354 g/mol. The predicted molar refractivity (Wildman–Crippen MR) is 76.4 cm³/mol. The number of pyridine rings is 1. The molecule has 0 atom stereocenters. The van der Waals surface area contributed by atoms with Crippen molar-refractivity contribution in [2.24, 2.45) is 0 Å². The third-order valence-corrected chi connectivity index (χ3v) is 4.98. The molecule has 102 valence electrons. The van der Waals surface area contributed by atoms with Gasteiger partial charge < -0.3 is 0 Å². The van der Waals surface area contributed by atoms with Crippen LogP contribution in [0.25, 0.3) is 10.9 Å². The fraction of sp³-hybridized carbons (Fsp3) is 0. The molecule has 7 heteroatoms. The van der Waals surface area contributed by atoms with Crippen molar-refractivity contribution in [3.05, 3.63) is 59.2 Å². The van der Waals surface area contributed by atoms with Gasteiger partial charge in [-0.1, -0.05) is 6.07 Å². The van der Waals surface area contributed by atoms with Crippen molar-refractivity contribution < 1.29 is 12.8 Å². The van der Waals surface area contributed by atoms with E-state index in [1.165, 1.54) is 24.4 Å². The lowest BCUT2D eigenvalue weighted by molar-refractivity contribution is 0.584. The lowest BCUT2D eigenvalue weighted by atomic mass is 10.3. The van der Waals surface area contributed by atoms with E-state index >= 15 is 0 Å². The van der Waals surface area contributed by atoms with Crippen LogP contribution in [-0.4, -0.2) is 17.4 Å². The molecule has 0 aliphatic carbocycles. The van der Waals surface area contributed by atoms with E-state index in [0.717, 1.165) is 10.0 Å². The van der Waals surface area contributed by atoms with E-state index in [-0.39, 0.29) is 4.90 Å². The standard InChI is InChI=1S/C13H8BrFN2O2S/c14-13-7-12-9(8-16-13)4-5-17(12)20(18,19)11-3-1-2-10(15)6-11/h1-8H. The SMILES string of the molecule is O=S(=O)(c1cccc(F)c1)n1ccc2cnc(Br)cc21. The van der Waals surface area contributed by atoms with E-state index in [9.17, 15) is 12.8 Å². The Bertz CT molecular complexity index is 906. The largest absolute Gasteiger partial charge is 0.268 e. The van der Waals surface area contributed by atoms with Crippen molar-refractivity contribution in [3.63, 3.8) is 0 Å². The number of halogens is 2. The molecule has 0 unspecified atom stereocenters. The summed E-state index contributed by atoms with van der Waals surface area (Å²) in [5.41, 5.74) is 0.483. The summed E-state index contributed by atoms with van der Waals surface area (Å²) >= 11 is 3.21. The molecular formula is C13H8BrFN2O2S. The summed E-state index contributed by atoms with van der Waals surface area (Å²) in [4.78, 5) is 3.94. The molecule has 0 saturated heterocycles. The van der Waals surface area contributed by atoms with Gasteiger partial charge >= 0.3 is 0 Å². The van der Waals surface area contributed by atoms with Crippen LogP contribution < -0.4 is 0 Å². The minimum Gasteiger partial charge on any atom is -0.249 e. The Kier molecular flexibility index (Phi) is 3.10. The number of aromatic nitrogens is 2. The van der Waals surface area contributed by atoms with Crippen LogP contribution >= 0.6 is 15.9 Å². The van der Waals surface area contributed by atoms with E-state index in [4.69, 9.17) is 0 Å². The van der Waals surface area contributed by atoms with E-state index < -0.39 is 15.8 Å². The number of rotatable bonds is 2. The first-order valence-electron chi connectivity index (χ1n) is 5.62. The lowest BCUT2D eigenvalue weighted by Crippen LogP contribution is -2.12. The summed E-state index contributed by atoms with van der Waals surface area (Å²) in [7, 11) is -3.83. The molecule has 0 radical (unpaired) electrons. The number of hydrogen-bond donors (Lipinski definition) is 0. The zero-order valence-electron chi connectivity index (χ0n) is 9.99. The normalized spacial score (nSPS) is 11.9. The van der Waals surface area contributed by atoms with Crippen LogP contribution in [0.5, 0.6) is 0 Å². The minimum absolute atomic E-state index is 0.0945. The van der Waals surface area contributed by atoms with Gasteiger partial charge in [0.25, 0.3) is 10.0 Å². The third-order valence-electron chi connectivity index (χ3n) is 2.86. The van der Waals surface area contributed by atoms with E-state index in [0.29, 0.717) is 15.5 Å². The Hall–Kier alpha value is -1.73. The number of benzene rings is 1. The molecule has 1 aromatic carbocycles. The van der Waals surface area contributed by atoms with Crippen molar-refractivity contribution >= 4 is 36.9 Å². The fourth-order valence-corrected chi connectivity index (χ4v) is 3.63. The molecule has 0 spiro atoms. The average Bonchev–Trinajstić information content (AvgIpc) is 2.82. The topological polar surface area (TPSA) is 52.0 Å². The molecule has 3 aromatic rings. The van der Waals surface area contributed by atoms with Gasteiger partial charge in [-0.05, 0) is 46.3 Å². The Labute approximate surface area is 123 Å². The second kappa shape index (κ2) is 4.68. The van der Waals surface area contributed by atoms with Crippen LogP contribution in [0, 0.1) is 5.82 Å². The van der Waals surface area contributed by atoms with Gasteiger partial charge in [0.1, 0.15) is 10.4 Å². The Morgan fingerprint density at radius 3 is 2.75 bits per heavy atom. The zero-order valence-corrected chi connectivity index (χ0v) is 12.4. The van der Waals surface area contributed by atoms with Gasteiger partial charge in [-0.3, -0.25) is 0 Å². The molecule has 0 bridgehead atoms. The van der Waals surface area contributed by atoms with Gasteiger partial charge in [-0.25, -0.2) is 21.8 Å². The molecule has 2 aromatic heterocycles. The molecule has 3 rings (SSSR count). The van der Waals surface area contributed by atoms with Gasteiger partial charge in [0.2, 0.25) is 0 Å². The van der Waals surface area contributed by atoms with Gasteiger partial charge in [-0.2, -0.15) is 0 Å². The molecule has 0 saturated carbocycles. The summed E-state index contributed by atoms with van der Waals surface area (Å²) in [6, 6.07) is 8.17. The number of nitrogens with zero attached hydrogens (tertiary/aromatic N) is 2. The van der Waals surface area contributed by atoms with Crippen LogP contribution in [0.4, 0.5) is 4.39 Å². The van der Waals surface area contributed by atoms with Crippen molar-refractivity contribution in [3.8, 4) is 0 Å². The molecule has 0 fully saturated rings. The van der Waals surface area contributed by atoms with Crippen LogP contribution in [0.1, 0.15) is 0 Å². The Morgan fingerprint density at radius 1 is 1.20 bits per heavy atom. The molecule has 4 nitrogen and oxygen atoms in total. The first-order valence-corrected chi connectivity index (χ1v) is 7.85. The molecule has 20 heavy (non-hydrogen) atoms. The molecule has 0 aliphatic rings. The van der Waals surface area contributed by atoms with Crippen molar-refractivity contribution in [2.75, 3.05) is 0 Å². The fourth-order valence-electron chi connectivity index (χ4n) is 1.93. The molecule has 0 N–H and O–H groups in total. The zero-order chi connectivity index (χ0) is 14.3. The van der Waals surface area contributed by atoms with Gasteiger partial charge in [-0.15, -0.1) is 0 Å². The number of hydrogen-bond acceptors (Lipinski definition) is 3. The molecular weight excluding hydrogens is 347 g/mol. The minimum atomic E-state index is -3.83. The highest BCUT2D eigenvalue weighted by Crippen LogP contribution is 2.23. The maximum Gasteiger partial charge on any atom is 0.268 e. The summed E-state index contributed by atoms with van der Waals surface area (Å²) in [6.07, 6.45) is 3.00. The maximum atomic E-state index is 13.2. The van der Waals surface area contributed by atoms with Crippen LogP contribution in [0.2, 0.25) is 0 Å². The third kappa shape index (κ3) is 2.12. The van der Waals surface area contributed by atoms with Crippen molar-refractivity contribution in [2.45, 2.75) is 4.90 Å². The van der Waals surface area contributed by atoms with E-state index in [2.05, 4.69) is 20.9 Å². The quantitative estimate of drug-likeness (QED) is 0.664. The average molecular weight is 355 g/mol. The smallest absolute Gasteiger partial charge is 0.249 e.